The molecule has 2 aromatic rings. The first-order chi connectivity index (χ1) is 12.7. The number of likely N-dealkylation sites (N-methyl/N-ethyl adjacent to an activating group) is 1. The van der Waals surface area contributed by atoms with E-state index in [0.29, 0.717) is 35.2 Å². The Morgan fingerprint density at radius 2 is 1.85 bits per heavy atom. The van der Waals surface area contributed by atoms with Gasteiger partial charge in [0, 0.05) is 19.2 Å². The minimum atomic E-state index is -0.707. The number of fused-ring (bicyclic) bond motifs is 1. The van der Waals surface area contributed by atoms with Crippen molar-refractivity contribution in [2.24, 2.45) is 0 Å². The van der Waals surface area contributed by atoms with Crippen molar-refractivity contribution < 1.29 is 18.0 Å². The molecule has 0 saturated heterocycles. The van der Waals surface area contributed by atoms with E-state index in [-0.39, 0.29) is 0 Å². The van der Waals surface area contributed by atoms with E-state index in [9.17, 15) is 18.0 Å². The average Bonchev–Trinajstić information content (AvgIpc) is 2.96. The van der Waals surface area contributed by atoms with E-state index in [0.717, 1.165) is 11.6 Å². The summed E-state index contributed by atoms with van der Waals surface area (Å²) in [4.78, 5) is 16.1. The smallest absolute Gasteiger partial charge is 0.322 e. The van der Waals surface area contributed by atoms with Crippen LogP contribution in [0.3, 0.4) is 0 Å². The van der Waals surface area contributed by atoms with E-state index in [1.807, 2.05) is 4.90 Å². The Bertz CT molecular complexity index is 855. The lowest BCUT2D eigenvalue weighted by Gasteiger charge is -2.26. The van der Waals surface area contributed by atoms with E-state index in [1.165, 1.54) is 23.1 Å². The fraction of sp³-hybridized carbons (Fsp3) is 0.316. The SMILES string of the molecule is CN(C)CC(NC(=O)N1CCc2cc(Br)c(F)cc21)c1cc(F)cc(F)c1. The molecule has 2 amide bonds. The zero-order chi connectivity index (χ0) is 19.7. The summed E-state index contributed by atoms with van der Waals surface area (Å²) < 4.78 is 41.5. The molecule has 1 aliphatic heterocycles. The lowest BCUT2D eigenvalue weighted by Crippen LogP contribution is -2.43. The van der Waals surface area contributed by atoms with E-state index >= 15 is 0 Å². The van der Waals surface area contributed by atoms with Crippen LogP contribution in [-0.2, 0) is 6.42 Å². The summed E-state index contributed by atoms with van der Waals surface area (Å²) in [6.07, 6.45) is 0.606. The first kappa shape index (κ1) is 19.7. The molecule has 1 atom stereocenters. The van der Waals surface area contributed by atoms with Gasteiger partial charge in [-0.15, -0.1) is 0 Å². The Morgan fingerprint density at radius 1 is 1.19 bits per heavy atom. The molecular weight excluding hydrogens is 423 g/mol. The molecule has 2 aromatic carbocycles. The maximum Gasteiger partial charge on any atom is 0.322 e. The second kappa shape index (κ2) is 7.90. The summed E-state index contributed by atoms with van der Waals surface area (Å²) in [5, 5.41) is 2.81. The van der Waals surface area contributed by atoms with Gasteiger partial charge in [-0.25, -0.2) is 18.0 Å². The summed E-state index contributed by atoms with van der Waals surface area (Å²) >= 11 is 3.15. The maximum atomic E-state index is 13.9. The van der Waals surface area contributed by atoms with Crippen molar-refractivity contribution in [3.05, 3.63) is 63.4 Å². The molecule has 1 unspecified atom stereocenters. The van der Waals surface area contributed by atoms with Gasteiger partial charge in [-0.3, -0.25) is 4.90 Å². The van der Waals surface area contributed by atoms with Crippen LogP contribution in [0.4, 0.5) is 23.7 Å². The van der Waals surface area contributed by atoms with Gasteiger partial charge >= 0.3 is 6.03 Å². The first-order valence-corrected chi connectivity index (χ1v) is 9.20. The van der Waals surface area contributed by atoms with Crippen molar-refractivity contribution in [1.29, 1.82) is 0 Å². The lowest BCUT2D eigenvalue weighted by atomic mass is 10.1. The highest BCUT2D eigenvalue weighted by Crippen LogP contribution is 2.33. The van der Waals surface area contributed by atoms with Crippen LogP contribution in [0, 0.1) is 17.5 Å². The first-order valence-electron chi connectivity index (χ1n) is 8.41. The van der Waals surface area contributed by atoms with E-state index in [1.54, 1.807) is 20.2 Å². The Morgan fingerprint density at radius 3 is 2.48 bits per heavy atom. The molecule has 8 heteroatoms. The molecule has 1 N–H and O–H groups in total. The van der Waals surface area contributed by atoms with Gasteiger partial charge in [0.1, 0.15) is 17.5 Å². The van der Waals surface area contributed by atoms with E-state index in [4.69, 9.17) is 0 Å². The molecule has 0 aliphatic carbocycles. The monoisotopic (exact) mass is 441 g/mol. The standard InChI is InChI=1S/C19H19BrF3N3O/c1-25(2)10-17(12-5-13(21)8-14(22)6-12)24-19(27)26-4-3-11-7-15(20)16(23)9-18(11)26/h5-9,17H,3-4,10H2,1-2H3,(H,24,27). The molecule has 0 saturated carbocycles. The van der Waals surface area contributed by atoms with Gasteiger partial charge in [0.05, 0.1) is 16.2 Å². The molecule has 0 fully saturated rings. The third-order valence-electron chi connectivity index (χ3n) is 4.39. The van der Waals surface area contributed by atoms with Crippen LogP contribution >= 0.6 is 15.9 Å². The van der Waals surface area contributed by atoms with Gasteiger partial charge in [0.15, 0.2) is 0 Å². The highest BCUT2D eigenvalue weighted by molar-refractivity contribution is 9.10. The predicted molar refractivity (Wildman–Crippen MR) is 101 cm³/mol. The molecule has 27 heavy (non-hydrogen) atoms. The number of amides is 2. The zero-order valence-corrected chi connectivity index (χ0v) is 16.5. The number of nitrogens with one attached hydrogen (secondary N) is 1. The Labute approximate surface area is 164 Å². The fourth-order valence-electron chi connectivity index (χ4n) is 3.20. The second-order valence-electron chi connectivity index (χ2n) is 6.76. The van der Waals surface area contributed by atoms with Gasteiger partial charge in [-0.05, 0) is 71.8 Å². The van der Waals surface area contributed by atoms with E-state index in [2.05, 4.69) is 21.2 Å². The van der Waals surface area contributed by atoms with Crippen molar-refractivity contribution in [3.8, 4) is 0 Å². The van der Waals surface area contributed by atoms with Gasteiger partial charge in [0.2, 0.25) is 0 Å². The lowest BCUT2D eigenvalue weighted by molar-refractivity contribution is 0.238. The van der Waals surface area contributed by atoms with Crippen LogP contribution in [0.2, 0.25) is 0 Å². The van der Waals surface area contributed by atoms with Crippen LogP contribution in [0.15, 0.2) is 34.8 Å². The molecule has 1 aliphatic rings. The number of carbonyl (C=O) groups is 1. The fourth-order valence-corrected chi connectivity index (χ4v) is 3.59. The normalized spacial score (nSPS) is 14.4. The van der Waals surface area contributed by atoms with Gasteiger partial charge < -0.3 is 10.2 Å². The predicted octanol–water partition coefficient (Wildman–Crippen LogP) is 4.24. The number of anilines is 1. The number of carbonyl (C=O) groups excluding carboxylic acids is 1. The minimum absolute atomic E-state index is 0.330. The summed E-state index contributed by atoms with van der Waals surface area (Å²) in [6.45, 7) is 0.757. The van der Waals surface area contributed by atoms with Gasteiger partial charge in [-0.1, -0.05) is 0 Å². The molecule has 0 aromatic heterocycles. The zero-order valence-electron chi connectivity index (χ0n) is 14.9. The van der Waals surface area contributed by atoms with Crippen LogP contribution in [0.1, 0.15) is 17.2 Å². The largest absolute Gasteiger partial charge is 0.330 e. The van der Waals surface area contributed by atoms with Crippen LogP contribution in [0.5, 0.6) is 0 Å². The number of hydrogen-bond acceptors (Lipinski definition) is 2. The molecule has 1 heterocycles. The van der Waals surface area contributed by atoms with Crippen molar-refractivity contribution in [2.75, 3.05) is 32.1 Å². The third-order valence-corrected chi connectivity index (χ3v) is 5.00. The average molecular weight is 442 g/mol. The Hall–Kier alpha value is -2.06. The van der Waals surface area contributed by atoms with Gasteiger partial charge in [0.25, 0.3) is 0 Å². The maximum absolute atomic E-state index is 13.9. The molecule has 0 bridgehead atoms. The molecule has 4 nitrogen and oxygen atoms in total. The molecule has 3 rings (SSSR count). The molecule has 0 spiro atoms. The number of rotatable bonds is 4. The quantitative estimate of drug-likeness (QED) is 0.769. The van der Waals surface area contributed by atoms with Gasteiger partial charge in [-0.2, -0.15) is 0 Å². The summed E-state index contributed by atoms with van der Waals surface area (Å²) in [5.74, 6) is -1.87. The summed E-state index contributed by atoms with van der Waals surface area (Å²) in [6, 6.07) is 5.11. The topological polar surface area (TPSA) is 35.6 Å². The molecular formula is C19H19BrF3N3O. The van der Waals surface area contributed by atoms with Crippen LogP contribution in [0.25, 0.3) is 0 Å². The van der Waals surface area contributed by atoms with Crippen LogP contribution < -0.4 is 10.2 Å². The van der Waals surface area contributed by atoms with Crippen molar-refractivity contribution in [1.82, 2.24) is 10.2 Å². The minimum Gasteiger partial charge on any atom is -0.330 e. The van der Waals surface area contributed by atoms with Crippen molar-refractivity contribution in [2.45, 2.75) is 12.5 Å². The Balaban J connectivity index is 1.85. The number of halogens is 4. The Kier molecular flexibility index (Phi) is 5.76. The highest BCUT2D eigenvalue weighted by atomic mass is 79.9. The molecule has 0 radical (unpaired) electrons. The second-order valence-corrected chi connectivity index (χ2v) is 7.62. The number of nitrogens with zero attached hydrogens (tertiary/aromatic N) is 2. The number of benzene rings is 2. The summed E-state index contributed by atoms with van der Waals surface area (Å²) in [7, 11) is 3.60. The van der Waals surface area contributed by atoms with Crippen LogP contribution in [-0.4, -0.2) is 38.1 Å². The summed E-state index contributed by atoms with van der Waals surface area (Å²) in [5.41, 5.74) is 1.69. The number of hydrogen-bond donors (Lipinski definition) is 1. The van der Waals surface area contributed by atoms with E-state index < -0.39 is 29.5 Å². The molecule has 144 valence electrons. The van der Waals surface area contributed by atoms with Crippen molar-refractivity contribution >= 4 is 27.6 Å². The highest BCUT2D eigenvalue weighted by Gasteiger charge is 2.28. The van der Waals surface area contributed by atoms with Crippen molar-refractivity contribution in [3.63, 3.8) is 0 Å². The third kappa shape index (κ3) is 4.44. The number of urea groups is 1.